The van der Waals surface area contributed by atoms with Crippen molar-refractivity contribution in [3.8, 4) is 0 Å². The van der Waals surface area contributed by atoms with E-state index in [0.717, 1.165) is 11.3 Å². The lowest BCUT2D eigenvalue weighted by molar-refractivity contribution is 0.0690. The molecule has 0 aliphatic rings. The fourth-order valence-corrected chi connectivity index (χ4v) is 1.77. The van der Waals surface area contributed by atoms with E-state index >= 15 is 0 Å². The Kier molecular flexibility index (Phi) is 3.75. The lowest BCUT2D eigenvalue weighted by Crippen LogP contribution is -2.06. The maximum Gasteiger partial charge on any atom is 0.354 e. The van der Waals surface area contributed by atoms with E-state index in [0.29, 0.717) is 5.92 Å². The Morgan fingerprint density at radius 2 is 2.00 bits per heavy atom. The van der Waals surface area contributed by atoms with Crippen LogP contribution in [0.3, 0.4) is 0 Å². The fourth-order valence-electron chi connectivity index (χ4n) is 1.77. The molecule has 1 heterocycles. The van der Waals surface area contributed by atoms with Crippen LogP contribution in [0, 0.1) is 0 Å². The second-order valence-electron chi connectivity index (χ2n) is 4.44. The number of para-hydroxylation sites is 1. The van der Waals surface area contributed by atoms with Crippen LogP contribution in [-0.2, 0) is 0 Å². The zero-order valence-electron chi connectivity index (χ0n) is 10.8. The first kappa shape index (κ1) is 13.0. The van der Waals surface area contributed by atoms with E-state index in [-0.39, 0.29) is 11.6 Å². The SMILES string of the molecule is CC(C)c1ccccc1Nc1nccc(C(=O)O)n1. The first-order chi connectivity index (χ1) is 9.08. The topological polar surface area (TPSA) is 75.1 Å². The number of carboxylic acid groups (broad SMARTS) is 1. The number of anilines is 2. The van der Waals surface area contributed by atoms with Gasteiger partial charge in [-0.25, -0.2) is 14.8 Å². The summed E-state index contributed by atoms with van der Waals surface area (Å²) in [6.07, 6.45) is 1.43. The number of benzene rings is 1. The molecule has 0 amide bonds. The second-order valence-corrected chi connectivity index (χ2v) is 4.44. The van der Waals surface area contributed by atoms with E-state index in [9.17, 15) is 4.79 Å². The smallest absolute Gasteiger partial charge is 0.354 e. The van der Waals surface area contributed by atoms with Crippen LogP contribution in [0.25, 0.3) is 0 Å². The number of aromatic carboxylic acids is 1. The minimum Gasteiger partial charge on any atom is -0.477 e. The molecule has 1 aromatic carbocycles. The molecule has 0 spiro atoms. The number of hydrogen-bond donors (Lipinski definition) is 2. The summed E-state index contributed by atoms with van der Waals surface area (Å²) in [5, 5.41) is 12.0. The van der Waals surface area contributed by atoms with Crippen molar-refractivity contribution in [3.05, 3.63) is 47.8 Å². The third-order valence-electron chi connectivity index (χ3n) is 2.70. The maximum absolute atomic E-state index is 10.9. The molecule has 0 fully saturated rings. The Hall–Kier alpha value is -2.43. The van der Waals surface area contributed by atoms with Gasteiger partial charge in [-0.3, -0.25) is 0 Å². The molecule has 0 atom stereocenters. The van der Waals surface area contributed by atoms with Gasteiger partial charge in [-0.05, 0) is 23.6 Å². The van der Waals surface area contributed by atoms with Gasteiger partial charge in [-0.15, -0.1) is 0 Å². The molecular formula is C14H15N3O2. The lowest BCUT2D eigenvalue weighted by Gasteiger charge is -2.13. The van der Waals surface area contributed by atoms with Crippen LogP contribution in [0.15, 0.2) is 36.5 Å². The van der Waals surface area contributed by atoms with Crippen LogP contribution >= 0.6 is 0 Å². The van der Waals surface area contributed by atoms with E-state index in [4.69, 9.17) is 5.11 Å². The third kappa shape index (κ3) is 3.07. The summed E-state index contributed by atoms with van der Waals surface area (Å²) in [6.45, 7) is 4.18. The largest absolute Gasteiger partial charge is 0.477 e. The number of carbonyl (C=O) groups is 1. The molecule has 98 valence electrons. The molecule has 0 saturated heterocycles. The average molecular weight is 257 g/mol. The van der Waals surface area contributed by atoms with Gasteiger partial charge in [0.1, 0.15) is 0 Å². The second kappa shape index (κ2) is 5.48. The molecular weight excluding hydrogens is 242 g/mol. The minimum atomic E-state index is -1.07. The molecule has 1 aromatic heterocycles. The monoisotopic (exact) mass is 257 g/mol. The van der Waals surface area contributed by atoms with Crippen LogP contribution in [0.1, 0.15) is 35.8 Å². The third-order valence-corrected chi connectivity index (χ3v) is 2.70. The van der Waals surface area contributed by atoms with Crippen molar-refractivity contribution >= 4 is 17.6 Å². The van der Waals surface area contributed by atoms with Crippen LogP contribution < -0.4 is 5.32 Å². The predicted octanol–water partition coefficient (Wildman–Crippen LogP) is 3.04. The molecule has 2 rings (SSSR count). The molecule has 0 unspecified atom stereocenters. The Morgan fingerprint density at radius 1 is 1.26 bits per heavy atom. The minimum absolute atomic E-state index is 0.0282. The molecule has 19 heavy (non-hydrogen) atoms. The Labute approximate surface area is 111 Å². The lowest BCUT2D eigenvalue weighted by atomic mass is 10.0. The molecule has 0 aliphatic heterocycles. The zero-order valence-corrected chi connectivity index (χ0v) is 10.8. The number of nitrogens with one attached hydrogen (secondary N) is 1. The number of rotatable bonds is 4. The Bertz CT molecular complexity index is 597. The van der Waals surface area contributed by atoms with Crippen molar-refractivity contribution in [2.75, 3.05) is 5.32 Å². The van der Waals surface area contributed by atoms with Crippen molar-refractivity contribution < 1.29 is 9.90 Å². The van der Waals surface area contributed by atoms with E-state index < -0.39 is 5.97 Å². The highest BCUT2D eigenvalue weighted by atomic mass is 16.4. The Balaban J connectivity index is 2.31. The van der Waals surface area contributed by atoms with Gasteiger partial charge < -0.3 is 10.4 Å². The van der Waals surface area contributed by atoms with Crippen molar-refractivity contribution in [2.45, 2.75) is 19.8 Å². The van der Waals surface area contributed by atoms with E-state index in [2.05, 4.69) is 29.1 Å². The fraction of sp³-hybridized carbons (Fsp3) is 0.214. The molecule has 0 aliphatic carbocycles. The van der Waals surface area contributed by atoms with Gasteiger partial charge >= 0.3 is 5.97 Å². The molecule has 0 radical (unpaired) electrons. The van der Waals surface area contributed by atoms with E-state index in [1.165, 1.54) is 12.3 Å². The van der Waals surface area contributed by atoms with Crippen LogP contribution in [0.4, 0.5) is 11.6 Å². The summed E-state index contributed by atoms with van der Waals surface area (Å²) in [5.74, 6) is -0.429. The average Bonchev–Trinajstić information content (AvgIpc) is 2.39. The highest BCUT2D eigenvalue weighted by molar-refractivity contribution is 5.85. The molecule has 2 aromatic rings. The predicted molar refractivity (Wildman–Crippen MR) is 72.8 cm³/mol. The summed E-state index contributed by atoms with van der Waals surface area (Å²) in [4.78, 5) is 18.8. The van der Waals surface area contributed by atoms with Gasteiger partial charge in [0, 0.05) is 11.9 Å². The highest BCUT2D eigenvalue weighted by Gasteiger charge is 2.09. The van der Waals surface area contributed by atoms with Crippen molar-refractivity contribution in [3.63, 3.8) is 0 Å². The molecule has 0 saturated carbocycles. The summed E-state index contributed by atoms with van der Waals surface area (Å²) < 4.78 is 0. The number of nitrogens with zero attached hydrogens (tertiary/aromatic N) is 2. The van der Waals surface area contributed by atoms with Crippen LogP contribution in [0.2, 0.25) is 0 Å². The van der Waals surface area contributed by atoms with Gasteiger partial charge in [0.25, 0.3) is 0 Å². The molecule has 2 N–H and O–H groups in total. The van der Waals surface area contributed by atoms with E-state index in [1.54, 1.807) is 0 Å². The highest BCUT2D eigenvalue weighted by Crippen LogP contribution is 2.25. The van der Waals surface area contributed by atoms with Gasteiger partial charge in [-0.2, -0.15) is 0 Å². The first-order valence-electron chi connectivity index (χ1n) is 6.00. The molecule has 5 heteroatoms. The van der Waals surface area contributed by atoms with Crippen molar-refractivity contribution in [1.29, 1.82) is 0 Å². The van der Waals surface area contributed by atoms with Gasteiger partial charge in [0.15, 0.2) is 5.69 Å². The summed E-state index contributed by atoms with van der Waals surface area (Å²) >= 11 is 0. The zero-order chi connectivity index (χ0) is 13.8. The normalized spacial score (nSPS) is 10.5. The Morgan fingerprint density at radius 3 is 2.68 bits per heavy atom. The maximum atomic E-state index is 10.9. The first-order valence-corrected chi connectivity index (χ1v) is 6.00. The number of carboxylic acids is 1. The summed E-state index contributed by atoms with van der Waals surface area (Å²) in [5.41, 5.74) is 1.99. The van der Waals surface area contributed by atoms with Gasteiger partial charge in [0.05, 0.1) is 0 Å². The molecule has 5 nitrogen and oxygen atoms in total. The summed E-state index contributed by atoms with van der Waals surface area (Å²) in [6, 6.07) is 9.19. The molecule has 0 bridgehead atoms. The van der Waals surface area contributed by atoms with Crippen molar-refractivity contribution in [2.24, 2.45) is 0 Å². The number of hydrogen-bond acceptors (Lipinski definition) is 4. The van der Waals surface area contributed by atoms with Gasteiger partial charge in [0.2, 0.25) is 5.95 Å². The van der Waals surface area contributed by atoms with Gasteiger partial charge in [-0.1, -0.05) is 32.0 Å². The van der Waals surface area contributed by atoms with Crippen molar-refractivity contribution in [1.82, 2.24) is 9.97 Å². The quantitative estimate of drug-likeness (QED) is 0.880. The summed E-state index contributed by atoms with van der Waals surface area (Å²) in [7, 11) is 0. The van der Waals surface area contributed by atoms with Crippen LogP contribution in [-0.4, -0.2) is 21.0 Å². The standard InChI is InChI=1S/C14H15N3O2/c1-9(2)10-5-3-4-6-11(10)16-14-15-8-7-12(17-14)13(18)19/h3-9H,1-2H3,(H,18,19)(H,15,16,17). The van der Waals surface area contributed by atoms with E-state index in [1.807, 2.05) is 24.3 Å². The number of aromatic nitrogens is 2. The van der Waals surface area contributed by atoms with Crippen LogP contribution in [0.5, 0.6) is 0 Å².